The maximum absolute atomic E-state index is 12.5. The molecular weight excluding hydrogens is 320 g/mol. The third-order valence-corrected chi connectivity index (χ3v) is 5.30. The molecule has 0 aromatic carbocycles. The molecule has 0 spiro atoms. The molecule has 1 N–H and O–H groups in total. The Morgan fingerprint density at radius 3 is 2.60 bits per heavy atom. The number of aryl methyl sites for hydroxylation is 2. The molecule has 0 saturated carbocycles. The Bertz CT molecular complexity index is 622. The van der Waals surface area contributed by atoms with E-state index in [-0.39, 0.29) is 17.9 Å². The molecule has 0 unspecified atom stereocenters. The van der Waals surface area contributed by atoms with Crippen molar-refractivity contribution in [3.05, 3.63) is 17.0 Å². The summed E-state index contributed by atoms with van der Waals surface area (Å²) in [6.07, 6.45) is 3.45. The van der Waals surface area contributed by atoms with Crippen LogP contribution < -0.4 is 0 Å². The molecule has 2 aliphatic heterocycles. The van der Waals surface area contributed by atoms with E-state index in [1.165, 1.54) is 0 Å². The highest BCUT2D eigenvalue weighted by Crippen LogP contribution is 2.17. The highest BCUT2D eigenvalue weighted by molar-refractivity contribution is 5.81. The highest BCUT2D eigenvalue weighted by atomic mass is 16.5. The average molecular weight is 348 g/mol. The predicted molar refractivity (Wildman–Crippen MR) is 93.1 cm³/mol. The first-order chi connectivity index (χ1) is 12.1. The van der Waals surface area contributed by atoms with Gasteiger partial charge >= 0.3 is 0 Å². The monoisotopic (exact) mass is 348 g/mol. The largest absolute Gasteiger partial charge is 0.368 e. The van der Waals surface area contributed by atoms with E-state index in [0.29, 0.717) is 45.6 Å². The maximum atomic E-state index is 12.5. The number of amides is 2. The molecule has 0 aliphatic carbocycles. The van der Waals surface area contributed by atoms with Crippen LogP contribution >= 0.6 is 0 Å². The van der Waals surface area contributed by atoms with Crippen molar-refractivity contribution < 1.29 is 14.3 Å². The van der Waals surface area contributed by atoms with E-state index in [4.69, 9.17) is 4.74 Å². The third kappa shape index (κ3) is 4.21. The van der Waals surface area contributed by atoms with Crippen molar-refractivity contribution in [3.8, 4) is 0 Å². The normalized spacial score (nSPS) is 21.4. The number of nitrogens with one attached hydrogen (secondary N) is 1. The number of hydrogen-bond acceptors (Lipinski definition) is 4. The first-order valence-corrected chi connectivity index (χ1v) is 9.25. The van der Waals surface area contributed by atoms with Gasteiger partial charge in [-0.1, -0.05) is 0 Å². The summed E-state index contributed by atoms with van der Waals surface area (Å²) in [5.74, 6) is 0.237. The van der Waals surface area contributed by atoms with Gasteiger partial charge < -0.3 is 14.5 Å². The summed E-state index contributed by atoms with van der Waals surface area (Å²) >= 11 is 0. The Morgan fingerprint density at radius 2 is 1.92 bits per heavy atom. The van der Waals surface area contributed by atoms with Gasteiger partial charge in [-0.25, -0.2) is 0 Å². The minimum absolute atomic E-state index is 0.0921. The molecule has 0 bridgehead atoms. The summed E-state index contributed by atoms with van der Waals surface area (Å²) in [5.41, 5.74) is 3.16. The van der Waals surface area contributed by atoms with Crippen LogP contribution in [0.2, 0.25) is 0 Å². The molecule has 1 atom stereocenters. The summed E-state index contributed by atoms with van der Waals surface area (Å²) in [6.45, 7) is 7.33. The van der Waals surface area contributed by atoms with Crippen molar-refractivity contribution in [2.75, 3.05) is 32.8 Å². The van der Waals surface area contributed by atoms with Crippen LogP contribution in [0.5, 0.6) is 0 Å². The first-order valence-electron chi connectivity index (χ1n) is 9.25. The standard InChI is InChI=1S/C18H28N4O3/c1-13-14(2)19-20-15(13)6-7-17(23)21-8-4-9-22(11-10-21)18(24)16-5-3-12-25-16/h16H,3-12H2,1-2H3,(H,19,20)/t16-/m1/s1. The van der Waals surface area contributed by atoms with E-state index in [2.05, 4.69) is 10.2 Å². The van der Waals surface area contributed by atoms with Crippen molar-refractivity contribution in [1.82, 2.24) is 20.0 Å². The van der Waals surface area contributed by atoms with Crippen LogP contribution in [0.15, 0.2) is 0 Å². The molecule has 7 heteroatoms. The number of aromatic nitrogens is 2. The summed E-state index contributed by atoms with van der Waals surface area (Å²) in [7, 11) is 0. The number of aromatic amines is 1. The molecule has 1 aromatic heterocycles. The number of carbonyl (C=O) groups is 2. The van der Waals surface area contributed by atoms with Gasteiger partial charge in [0, 0.05) is 51.3 Å². The van der Waals surface area contributed by atoms with Gasteiger partial charge in [0.2, 0.25) is 5.91 Å². The summed E-state index contributed by atoms with van der Waals surface area (Å²) in [6, 6.07) is 0. The van der Waals surface area contributed by atoms with Gasteiger partial charge in [-0.3, -0.25) is 14.7 Å². The van der Waals surface area contributed by atoms with Gasteiger partial charge in [0.05, 0.1) is 5.69 Å². The fourth-order valence-corrected chi connectivity index (χ4v) is 3.53. The second kappa shape index (κ2) is 7.99. The molecule has 3 rings (SSSR count). The lowest BCUT2D eigenvalue weighted by Crippen LogP contribution is -2.41. The smallest absolute Gasteiger partial charge is 0.251 e. The Labute approximate surface area is 148 Å². The number of carbonyl (C=O) groups excluding carboxylic acids is 2. The average Bonchev–Trinajstić information content (AvgIpc) is 3.17. The van der Waals surface area contributed by atoms with Crippen molar-refractivity contribution in [3.63, 3.8) is 0 Å². The third-order valence-electron chi connectivity index (χ3n) is 5.30. The maximum Gasteiger partial charge on any atom is 0.251 e. The zero-order valence-electron chi connectivity index (χ0n) is 15.2. The van der Waals surface area contributed by atoms with Crippen molar-refractivity contribution >= 4 is 11.8 Å². The molecule has 2 amide bonds. The van der Waals surface area contributed by atoms with Gasteiger partial charge in [0.1, 0.15) is 6.10 Å². The topological polar surface area (TPSA) is 78.5 Å². The number of H-pyrrole nitrogens is 1. The van der Waals surface area contributed by atoms with E-state index in [1.54, 1.807) is 0 Å². The lowest BCUT2D eigenvalue weighted by Gasteiger charge is -2.24. The molecule has 2 saturated heterocycles. The number of nitrogens with zero attached hydrogens (tertiary/aromatic N) is 3. The lowest BCUT2D eigenvalue weighted by molar-refractivity contribution is -0.141. The minimum Gasteiger partial charge on any atom is -0.368 e. The van der Waals surface area contributed by atoms with E-state index in [0.717, 1.165) is 36.2 Å². The van der Waals surface area contributed by atoms with Crippen LogP contribution in [-0.2, 0) is 20.7 Å². The summed E-state index contributed by atoms with van der Waals surface area (Å²) < 4.78 is 5.50. The lowest BCUT2D eigenvalue weighted by atomic mass is 10.1. The number of rotatable bonds is 4. The Balaban J connectivity index is 1.49. The van der Waals surface area contributed by atoms with E-state index in [1.807, 2.05) is 23.6 Å². The van der Waals surface area contributed by atoms with Crippen molar-refractivity contribution in [2.24, 2.45) is 0 Å². The SMILES string of the molecule is Cc1[nH]nc(CCC(=O)N2CCCN(C(=O)[C@H]3CCCO3)CC2)c1C. The summed E-state index contributed by atoms with van der Waals surface area (Å²) in [4.78, 5) is 28.8. The van der Waals surface area contributed by atoms with Crippen LogP contribution in [0.1, 0.15) is 42.6 Å². The zero-order valence-corrected chi connectivity index (χ0v) is 15.2. The molecule has 2 fully saturated rings. The highest BCUT2D eigenvalue weighted by Gasteiger charge is 2.30. The van der Waals surface area contributed by atoms with Crippen LogP contribution in [-0.4, -0.2) is 70.7 Å². The van der Waals surface area contributed by atoms with E-state index < -0.39 is 0 Å². The van der Waals surface area contributed by atoms with E-state index in [9.17, 15) is 9.59 Å². The molecule has 25 heavy (non-hydrogen) atoms. The molecule has 0 radical (unpaired) electrons. The first kappa shape index (κ1) is 17.9. The molecule has 3 heterocycles. The Hall–Kier alpha value is -1.89. The molecule has 1 aromatic rings. The Morgan fingerprint density at radius 1 is 1.16 bits per heavy atom. The predicted octanol–water partition coefficient (Wildman–Crippen LogP) is 1.20. The molecular formula is C18H28N4O3. The van der Waals surface area contributed by atoms with Crippen LogP contribution in [0.4, 0.5) is 0 Å². The van der Waals surface area contributed by atoms with Crippen molar-refractivity contribution in [1.29, 1.82) is 0 Å². The quantitative estimate of drug-likeness (QED) is 0.887. The van der Waals surface area contributed by atoms with Gasteiger partial charge in [0.25, 0.3) is 5.91 Å². The minimum atomic E-state index is -0.270. The fraction of sp³-hybridized carbons (Fsp3) is 0.722. The van der Waals surface area contributed by atoms with Crippen LogP contribution in [0.3, 0.4) is 0 Å². The van der Waals surface area contributed by atoms with Crippen molar-refractivity contribution in [2.45, 2.75) is 52.1 Å². The Kier molecular flexibility index (Phi) is 5.73. The summed E-state index contributed by atoms with van der Waals surface area (Å²) in [5, 5.41) is 7.23. The second-order valence-electron chi connectivity index (χ2n) is 6.98. The van der Waals surface area contributed by atoms with Crippen LogP contribution in [0.25, 0.3) is 0 Å². The molecule has 7 nitrogen and oxygen atoms in total. The van der Waals surface area contributed by atoms with Crippen LogP contribution in [0, 0.1) is 13.8 Å². The zero-order chi connectivity index (χ0) is 17.8. The van der Waals surface area contributed by atoms with Gasteiger partial charge in [0.15, 0.2) is 0 Å². The van der Waals surface area contributed by atoms with Gasteiger partial charge in [-0.15, -0.1) is 0 Å². The van der Waals surface area contributed by atoms with E-state index >= 15 is 0 Å². The molecule has 138 valence electrons. The van der Waals surface area contributed by atoms with Gasteiger partial charge in [-0.2, -0.15) is 5.10 Å². The second-order valence-corrected chi connectivity index (χ2v) is 6.98. The fourth-order valence-electron chi connectivity index (χ4n) is 3.53. The molecule has 2 aliphatic rings. The number of ether oxygens (including phenoxy) is 1. The number of hydrogen-bond donors (Lipinski definition) is 1. The van der Waals surface area contributed by atoms with Gasteiger partial charge in [-0.05, 0) is 38.7 Å².